The molecule has 114 valence electrons. The van der Waals surface area contributed by atoms with Gasteiger partial charge in [0, 0.05) is 5.56 Å². The van der Waals surface area contributed by atoms with Crippen molar-refractivity contribution in [2.24, 2.45) is 0 Å². The summed E-state index contributed by atoms with van der Waals surface area (Å²) in [7, 11) is 0. The second-order valence-electron chi connectivity index (χ2n) is 4.84. The van der Waals surface area contributed by atoms with E-state index in [1.807, 2.05) is 24.3 Å². The predicted molar refractivity (Wildman–Crippen MR) is 83.4 cm³/mol. The Morgan fingerprint density at radius 2 is 1.50 bits per heavy atom. The summed E-state index contributed by atoms with van der Waals surface area (Å²) in [6.45, 7) is 3.39. The summed E-state index contributed by atoms with van der Waals surface area (Å²) in [6.07, 6.45) is 0.957. The van der Waals surface area contributed by atoms with Gasteiger partial charge in [-0.1, -0.05) is 19.1 Å². The van der Waals surface area contributed by atoms with E-state index in [4.69, 9.17) is 9.47 Å². The Hall–Kier alpha value is -2.62. The molecule has 0 spiro atoms. The third kappa shape index (κ3) is 4.45. The van der Waals surface area contributed by atoms with E-state index in [9.17, 15) is 9.59 Å². The molecule has 0 N–H and O–H groups in total. The van der Waals surface area contributed by atoms with E-state index in [2.05, 4.69) is 6.92 Å². The maximum atomic E-state index is 11.7. The van der Waals surface area contributed by atoms with Gasteiger partial charge in [-0.25, -0.2) is 4.79 Å². The van der Waals surface area contributed by atoms with Gasteiger partial charge in [0.1, 0.15) is 11.5 Å². The Morgan fingerprint density at radius 1 is 0.909 bits per heavy atom. The molecule has 4 heteroatoms. The van der Waals surface area contributed by atoms with Crippen molar-refractivity contribution in [2.75, 3.05) is 6.61 Å². The van der Waals surface area contributed by atoms with Crippen molar-refractivity contribution in [3.8, 4) is 11.5 Å². The van der Waals surface area contributed by atoms with Crippen LogP contribution in [-0.4, -0.2) is 18.4 Å². The number of ether oxygens (including phenoxy) is 2. The second kappa shape index (κ2) is 7.41. The molecule has 0 saturated carbocycles. The molecule has 4 nitrogen and oxygen atoms in total. The largest absolute Gasteiger partial charge is 0.482 e. The lowest BCUT2D eigenvalue weighted by Gasteiger charge is -2.07. The van der Waals surface area contributed by atoms with Gasteiger partial charge in [-0.3, -0.25) is 4.79 Å². The maximum absolute atomic E-state index is 11.7. The number of carbonyl (C=O) groups excluding carboxylic acids is 2. The van der Waals surface area contributed by atoms with Crippen LogP contribution in [-0.2, 0) is 11.2 Å². The summed E-state index contributed by atoms with van der Waals surface area (Å²) < 4.78 is 10.5. The fraction of sp³-hybridized carbons (Fsp3) is 0.222. The molecular weight excluding hydrogens is 280 g/mol. The molecule has 0 fully saturated rings. The van der Waals surface area contributed by atoms with Crippen LogP contribution in [0.5, 0.6) is 11.5 Å². The molecule has 0 aromatic heterocycles. The molecule has 0 atom stereocenters. The molecule has 0 aliphatic carbocycles. The lowest BCUT2D eigenvalue weighted by atomic mass is 10.1. The highest BCUT2D eigenvalue weighted by molar-refractivity contribution is 5.94. The molecule has 0 unspecified atom stereocenters. The van der Waals surface area contributed by atoms with Crippen LogP contribution in [0.4, 0.5) is 0 Å². The minimum absolute atomic E-state index is 0.0308. The van der Waals surface area contributed by atoms with Crippen LogP contribution in [0.1, 0.15) is 29.8 Å². The zero-order valence-electron chi connectivity index (χ0n) is 12.7. The number of aryl methyl sites for hydroxylation is 1. The molecule has 0 saturated heterocycles. The number of ketones is 1. The van der Waals surface area contributed by atoms with Crippen LogP contribution in [0, 0.1) is 0 Å². The van der Waals surface area contributed by atoms with Gasteiger partial charge >= 0.3 is 5.97 Å². The zero-order valence-corrected chi connectivity index (χ0v) is 12.7. The standard InChI is InChI=1S/C18H18O4/c1-3-14-4-8-16(9-5-14)21-12-18(20)22-17-10-6-15(7-11-17)13(2)19/h4-11H,3,12H2,1-2H3. The van der Waals surface area contributed by atoms with E-state index in [1.54, 1.807) is 24.3 Å². The van der Waals surface area contributed by atoms with Gasteiger partial charge in [-0.15, -0.1) is 0 Å². The smallest absolute Gasteiger partial charge is 0.349 e. The lowest BCUT2D eigenvalue weighted by molar-refractivity contribution is -0.136. The minimum atomic E-state index is -0.491. The van der Waals surface area contributed by atoms with Gasteiger partial charge < -0.3 is 9.47 Å². The molecular formula is C18H18O4. The van der Waals surface area contributed by atoms with Gasteiger partial charge in [-0.2, -0.15) is 0 Å². The van der Waals surface area contributed by atoms with Gasteiger partial charge in [0.05, 0.1) is 0 Å². The van der Waals surface area contributed by atoms with Crippen molar-refractivity contribution >= 4 is 11.8 Å². The van der Waals surface area contributed by atoms with Crippen molar-refractivity contribution in [3.05, 3.63) is 59.7 Å². The summed E-state index contributed by atoms with van der Waals surface area (Å²) in [6, 6.07) is 14.0. The van der Waals surface area contributed by atoms with Gasteiger partial charge in [-0.05, 0) is 55.3 Å². The number of hydrogen-bond donors (Lipinski definition) is 0. The Kier molecular flexibility index (Phi) is 5.31. The highest BCUT2D eigenvalue weighted by Crippen LogP contribution is 2.14. The normalized spacial score (nSPS) is 10.1. The van der Waals surface area contributed by atoms with E-state index in [-0.39, 0.29) is 12.4 Å². The summed E-state index contributed by atoms with van der Waals surface area (Å²) in [5.41, 5.74) is 1.78. The fourth-order valence-corrected chi connectivity index (χ4v) is 1.88. The minimum Gasteiger partial charge on any atom is -0.482 e. The monoisotopic (exact) mass is 298 g/mol. The van der Waals surface area contributed by atoms with Crippen LogP contribution >= 0.6 is 0 Å². The molecule has 0 bridgehead atoms. The van der Waals surface area contributed by atoms with Crippen LogP contribution in [0.2, 0.25) is 0 Å². The topological polar surface area (TPSA) is 52.6 Å². The molecule has 2 rings (SSSR count). The predicted octanol–water partition coefficient (Wildman–Crippen LogP) is 3.44. The van der Waals surface area contributed by atoms with E-state index in [0.29, 0.717) is 17.1 Å². The fourth-order valence-electron chi connectivity index (χ4n) is 1.88. The third-order valence-corrected chi connectivity index (χ3v) is 3.18. The number of benzene rings is 2. The van der Waals surface area contributed by atoms with Crippen molar-refractivity contribution in [2.45, 2.75) is 20.3 Å². The number of hydrogen-bond acceptors (Lipinski definition) is 4. The first-order valence-electron chi connectivity index (χ1n) is 7.12. The summed E-state index contributed by atoms with van der Waals surface area (Å²) in [5, 5.41) is 0. The molecule has 0 aliphatic rings. The highest BCUT2D eigenvalue weighted by atomic mass is 16.6. The molecule has 0 amide bonds. The van der Waals surface area contributed by atoms with Crippen LogP contribution in [0.25, 0.3) is 0 Å². The Balaban J connectivity index is 1.85. The third-order valence-electron chi connectivity index (χ3n) is 3.18. The van der Waals surface area contributed by atoms with E-state index >= 15 is 0 Å². The molecule has 0 radical (unpaired) electrons. The molecule has 22 heavy (non-hydrogen) atoms. The SMILES string of the molecule is CCc1ccc(OCC(=O)Oc2ccc(C(C)=O)cc2)cc1. The number of esters is 1. The molecule has 0 heterocycles. The van der Waals surface area contributed by atoms with Gasteiger partial charge in [0.15, 0.2) is 12.4 Å². The van der Waals surface area contributed by atoms with Gasteiger partial charge in [0.2, 0.25) is 0 Å². The van der Waals surface area contributed by atoms with Crippen LogP contribution in [0.3, 0.4) is 0 Å². The van der Waals surface area contributed by atoms with Crippen LogP contribution < -0.4 is 9.47 Å². The van der Waals surface area contributed by atoms with Crippen molar-refractivity contribution in [1.29, 1.82) is 0 Å². The highest BCUT2D eigenvalue weighted by Gasteiger charge is 2.07. The first-order valence-corrected chi connectivity index (χ1v) is 7.12. The number of Topliss-reactive ketones (excluding diaryl/α,β-unsaturated/α-hetero) is 1. The van der Waals surface area contributed by atoms with E-state index in [1.165, 1.54) is 12.5 Å². The maximum Gasteiger partial charge on any atom is 0.349 e. The van der Waals surface area contributed by atoms with Crippen molar-refractivity contribution in [3.63, 3.8) is 0 Å². The van der Waals surface area contributed by atoms with Crippen molar-refractivity contribution < 1.29 is 19.1 Å². The number of carbonyl (C=O) groups is 2. The molecule has 0 aliphatic heterocycles. The van der Waals surface area contributed by atoms with Crippen LogP contribution in [0.15, 0.2) is 48.5 Å². The Morgan fingerprint density at radius 3 is 2.05 bits per heavy atom. The van der Waals surface area contributed by atoms with E-state index < -0.39 is 5.97 Å². The summed E-state index contributed by atoms with van der Waals surface area (Å²) in [5.74, 6) is 0.493. The summed E-state index contributed by atoms with van der Waals surface area (Å²) >= 11 is 0. The lowest BCUT2D eigenvalue weighted by Crippen LogP contribution is -2.17. The second-order valence-corrected chi connectivity index (χ2v) is 4.84. The first kappa shape index (κ1) is 15.8. The zero-order chi connectivity index (χ0) is 15.9. The van der Waals surface area contributed by atoms with E-state index in [0.717, 1.165) is 6.42 Å². The molecule has 2 aromatic carbocycles. The average molecular weight is 298 g/mol. The molecule has 2 aromatic rings. The Labute approximate surface area is 129 Å². The number of rotatable bonds is 6. The quantitative estimate of drug-likeness (QED) is 0.466. The Bertz CT molecular complexity index is 642. The average Bonchev–Trinajstić information content (AvgIpc) is 2.54. The summed E-state index contributed by atoms with van der Waals surface area (Å²) in [4.78, 5) is 22.9. The first-order chi connectivity index (χ1) is 10.6. The van der Waals surface area contributed by atoms with Crippen molar-refractivity contribution in [1.82, 2.24) is 0 Å². The van der Waals surface area contributed by atoms with Gasteiger partial charge in [0.25, 0.3) is 0 Å².